The van der Waals surface area contributed by atoms with Gasteiger partial charge in [-0.3, -0.25) is 0 Å². The molecule has 0 atom stereocenters. The van der Waals surface area contributed by atoms with Crippen molar-refractivity contribution in [3.8, 4) is 6.07 Å². The van der Waals surface area contributed by atoms with E-state index in [1.165, 1.54) is 6.07 Å². The maximum atomic E-state index is 13.5. The molecule has 1 N–H and O–H groups in total. The Hall–Kier alpha value is -2.87. The van der Waals surface area contributed by atoms with Crippen LogP contribution in [-0.4, -0.2) is 16.5 Å². The lowest BCUT2D eigenvalue weighted by atomic mass is 10.0. The van der Waals surface area contributed by atoms with E-state index in [4.69, 9.17) is 0 Å². The molecule has 0 fully saturated rings. The van der Waals surface area contributed by atoms with Crippen LogP contribution < -0.4 is 4.90 Å². The van der Waals surface area contributed by atoms with Gasteiger partial charge in [0.1, 0.15) is 17.7 Å². The van der Waals surface area contributed by atoms with Crippen LogP contribution in [0.25, 0.3) is 10.9 Å². The Morgan fingerprint density at radius 3 is 3.09 bits per heavy atom. The average Bonchev–Trinajstić information content (AvgIpc) is 2.92. The van der Waals surface area contributed by atoms with E-state index in [0.717, 1.165) is 35.1 Å². The number of aromatic nitrogens is 2. The van der Waals surface area contributed by atoms with E-state index in [1.807, 2.05) is 0 Å². The summed E-state index contributed by atoms with van der Waals surface area (Å²) in [4.78, 5) is 9.79. The van der Waals surface area contributed by atoms with Crippen molar-refractivity contribution in [3.63, 3.8) is 0 Å². The number of fused-ring (bicyclic) bond motifs is 3. The first-order valence-electron chi connectivity index (χ1n) is 7.15. The fourth-order valence-corrected chi connectivity index (χ4v) is 3.10. The molecule has 3 heterocycles. The first-order valence-corrected chi connectivity index (χ1v) is 7.15. The van der Waals surface area contributed by atoms with Crippen molar-refractivity contribution in [2.45, 2.75) is 13.0 Å². The summed E-state index contributed by atoms with van der Waals surface area (Å²) in [5, 5.41) is 10.2. The molecular weight excluding hydrogens is 279 g/mol. The van der Waals surface area contributed by atoms with Gasteiger partial charge in [-0.25, -0.2) is 9.37 Å². The second-order valence-electron chi connectivity index (χ2n) is 5.43. The van der Waals surface area contributed by atoms with E-state index in [-0.39, 0.29) is 5.82 Å². The number of halogens is 1. The Labute approximate surface area is 126 Å². The molecule has 0 aliphatic carbocycles. The molecule has 0 bridgehead atoms. The van der Waals surface area contributed by atoms with Crippen LogP contribution in [0.2, 0.25) is 0 Å². The largest absolute Gasteiger partial charge is 0.358 e. The average molecular weight is 292 g/mol. The van der Waals surface area contributed by atoms with Crippen LogP contribution in [0.3, 0.4) is 0 Å². The van der Waals surface area contributed by atoms with Crippen molar-refractivity contribution in [3.05, 3.63) is 59.2 Å². The van der Waals surface area contributed by atoms with Gasteiger partial charge in [0.05, 0.1) is 5.56 Å². The SMILES string of the molecule is N#Cc1cccnc1N1CCc2[nH]c3ccc(F)cc3c2C1. The normalized spacial score (nSPS) is 13.9. The number of nitriles is 1. The quantitative estimate of drug-likeness (QED) is 0.749. The number of H-pyrrole nitrogens is 1. The smallest absolute Gasteiger partial charge is 0.146 e. The number of nitrogens with zero attached hydrogens (tertiary/aromatic N) is 3. The molecule has 0 saturated heterocycles. The highest BCUT2D eigenvalue weighted by Crippen LogP contribution is 2.30. The molecule has 5 heteroatoms. The van der Waals surface area contributed by atoms with E-state index in [9.17, 15) is 9.65 Å². The zero-order valence-corrected chi connectivity index (χ0v) is 11.8. The summed E-state index contributed by atoms with van der Waals surface area (Å²) < 4.78 is 13.5. The van der Waals surface area contributed by atoms with Crippen molar-refractivity contribution in [1.29, 1.82) is 5.26 Å². The maximum Gasteiger partial charge on any atom is 0.146 e. The fourth-order valence-electron chi connectivity index (χ4n) is 3.10. The van der Waals surface area contributed by atoms with E-state index in [1.54, 1.807) is 30.5 Å². The Morgan fingerprint density at radius 1 is 1.32 bits per heavy atom. The van der Waals surface area contributed by atoms with Crippen molar-refractivity contribution >= 4 is 16.7 Å². The van der Waals surface area contributed by atoms with Crippen LogP contribution in [0.15, 0.2) is 36.5 Å². The summed E-state index contributed by atoms with van der Waals surface area (Å²) in [6.07, 6.45) is 2.52. The molecule has 0 amide bonds. The van der Waals surface area contributed by atoms with Crippen LogP contribution in [0.1, 0.15) is 16.8 Å². The number of pyridine rings is 1. The number of rotatable bonds is 1. The van der Waals surface area contributed by atoms with E-state index >= 15 is 0 Å². The van der Waals surface area contributed by atoms with Gasteiger partial charge in [-0.05, 0) is 30.3 Å². The first kappa shape index (κ1) is 12.8. The minimum Gasteiger partial charge on any atom is -0.358 e. The van der Waals surface area contributed by atoms with Crippen LogP contribution in [-0.2, 0) is 13.0 Å². The van der Waals surface area contributed by atoms with E-state index in [0.29, 0.717) is 17.9 Å². The van der Waals surface area contributed by atoms with Crippen LogP contribution in [0.4, 0.5) is 10.2 Å². The van der Waals surface area contributed by atoms with Gasteiger partial charge >= 0.3 is 0 Å². The summed E-state index contributed by atoms with van der Waals surface area (Å²) >= 11 is 0. The van der Waals surface area contributed by atoms with Gasteiger partial charge in [0, 0.05) is 47.9 Å². The Balaban J connectivity index is 1.79. The fraction of sp³-hybridized carbons (Fsp3) is 0.176. The minimum atomic E-state index is -0.234. The molecule has 1 aliphatic heterocycles. The third-order valence-corrected chi connectivity index (χ3v) is 4.14. The lowest BCUT2D eigenvalue weighted by Crippen LogP contribution is -2.31. The van der Waals surface area contributed by atoms with Crippen molar-refractivity contribution < 1.29 is 4.39 Å². The van der Waals surface area contributed by atoms with Crippen LogP contribution >= 0.6 is 0 Å². The molecule has 0 saturated carbocycles. The maximum absolute atomic E-state index is 13.5. The number of benzene rings is 1. The predicted molar refractivity (Wildman–Crippen MR) is 82.0 cm³/mol. The number of hydrogen-bond acceptors (Lipinski definition) is 3. The van der Waals surface area contributed by atoms with Crippen LogP contribution in [0, 0.1) is 17.1 Å². The second-order valence-corrected chi connectivity index (χ2v) is 5.43. The molecule has 108 valence electrons. The molecule has 4 rings (SSSR count). The van der Waals surface area contributed by atoms with Gasteiger partial charge < -0.3 is 9.88 Å². The summed E-state index contributed by atoms with van der Waals surface area (Å²) in [5.41, 5.74) is 3.76. The molecule has 0 unspecified atom stereocenters. The van der Waals surface area contributed by atoms with Crippen molar-refractivity contribution in [2.24, 2.45) is 0 Å². The first-order chi connectivity index (χ1) is 10.8. The highest BCUT2D eigenvalue weighted by atomic mass is 19.1. The topological polar surface area (TPSA) is 55.7 Å². The second kappa shape index (κ2) is 4.85. The van der Waals surface area contributed by atoms with Gasteiger partial charge in [-0.15, -0.1) is 0 Å². The molecule has 1 aromatic carbocycles. The zero-order chi connectivity index (χ0) is 15.1. The standard InChI is InChI=1S/C17H13FN4/c18-12-3-4-15-13(8-12)14-10-22(7-5-16(14)21-15)17-11(9-19)2-1-6-20-17/h1-4,6,8,21H,5,7,10H2. The summed E-state index contributed by atoms with van der Waals surface area (Å²) in [5.74, 6) is 0.461. The van der Waals surface area contributed by atoms with E-state index in [2.05, 4.69) is 20.9 Å². The van der Waals surface area contributed by atoms with Crippen molar-refractivity contribution in [1.82, 2.24) is 9.97 Å². The third-order valence-electron chi connectivity index (χ3n) is 4.14. The summed E-state index contributed by atoms with van der Waals surface area (Å²) in [6, 6.07) is 10.5. The lowest BCUT2D eigenvalue weighted by Gasteiger charge is -2.28. The molecule has 3 aromatic rings. The van der Waals surface area contributed by atoms with Gasteiger partial charge in [0.25, 0.3) is 0 Å². The Bertz CT molecular complexity index is 907. The molecule has 4 nitrogen and oxygen atoms in total. The Kier molecular flexibility index (Phi) is 2.83. The molecule has 2 aromatic heterocycles. The van der Waals surface area contributed by atoms with Gasteiger partial charge in [0.15, 0.2) is 0 Å². The molecule has 1 aliphatic rings. The van der Waals surface area contributed by atoms with E-state index < -0.39 is 0 Å². The van der Waals surface area contributed by atoms with Crippen molar-refractivity contribution in [2.75, 3.05) is 11.4 Å². The molecule has 22 heavy (non-hydrogen) atoms. The highest BCUT2D eigenvalue weighted by molar-refractivity contribution is 5.85. The zero-order valence-electron chi connectivity index (χ0n) is 11.8. The summed E-state index contributed by atoms with van der Waals surface area (Å²) in [7, 11) is 0. The van der Waals surface area contributed by atoms with Gasteiger partial charge in [-0.2, -0.15) is 5.26 Å². The van der Waals surface area contributed by atoms with Gasteiger partial charge in [-0.1, -0.05) is 0 Å². The molecular formula is C17H13FN4. The molecule has 0 spiro atoms. The number of hydrogen-bond donors (Lipinski definition) is 1. The number of aromatic amines is 1. The minimum absolute atomic E-state index is 0.234. The number of nitrogens with one attached hydrogen (secondary N) is 1. The Morgan fingerprint density at radius 2 is 2.23 bits per heavy atom. The number of anilines is 1. The lowest BCUT2D eigenvalue weighted by molar-refractivity contribution is 0.629. The summed E-state index contributed by atoms with van der Waals surface area (Å²) in [6.45, 7) is 1.42. The highest BCUT2D eigenvalue weighted by Gasteiger charge is 2.23. The molecule has 0 radical (unpaired) electrons. The third kappa shape index (κ3) is 1.92. The monoisotopic (exact) mass is 292 g/mol. The predicted octanol–water partition coefficient (Wildman–Crippen LogP) is 3.14. The van der Waals surface area contributed by atoms with Crippen LogP contribution in [0.5, 0.6) is 0 Å². The van der Waals surface area contributed by atoms with Gasteiger partial charge in [0.2, 0.25) is 0 Å².